The molecule has 1 aliphatic heterocycles. The van der Waals surface area contributed by atoms with Gasteiger partial charge in [0.05, 0.1) is 5.92 Å². The second-order valence-electron chi connectivity index (χ2n) is 6.26. The highest BCUT2D eigenvalue weighted by Gasteiger charge is 2.33. The number of amides is 1. The largest absolute Gasteiger partial charge is 0.342 e. The number of aromatic nitrogens is 3. The fourth-order valence-electron chi connectivity index (χ4n) is 3.82. The third kappa shape index (κ3) is 2.30. The number of aromatic amines is 1. The van der Waals surface area contributed by atoms with Gasteiger partial charge in [-0.05, 0) is 36.8 Å². The van der Waals surface area contributed by atoms with Gasteiger partial charge in [-0.1, -0.05) is 24.3 Å². The van der Waals surface area contributed by atoms with E-state index >= 15 is 0 Å². The zero-order chi connectivity index (χ0) is 14.9. The van der Waals surface area contributed by atoms with E-state index in [-0.39, 0.29) is 5.92 Å². The number of rotatable bonds is 2. The van der Waals surface area contributed by atoms with Gasteiger partial charge in [0, 0.05) is 19.0 Å². The van der Waals surface area contributed by atoms with Crippen molar-refractivity contribution < 1.29 is 4.79 Å². The van der Waals surface area contributed by atoms with Crippen molar-refractivity contribution in [1.29, 1.82) is 0 Å². The molecule has 1 N–H and O–H groups in total. The predicted octanol–water partition coefficient (Wildman–Crippen LogP) is 2.24. The number of aryl methyl sites for hydroxylation is 1. The van der Waals surface area contributed by atoms with E-state index in [2.05, 4.69) is 33.4 Å². The van der Waals surface area contributed by atoms with Crippen LogP contribution in [-0.2, 0) is 11.2 Å². The maximum absolute atomic E-state index is 12.8. The molecule has 114 valence electrons. The minimum atomic E-state index is 0.0676. The van der Waals surface area contributed by atoms with E-state index in [1.165, 1.54) is 11.1 Å². The summed E-state index contributed by atoms with van der Waals surface area (Å²) in [4.78, 5) is 19.1. The van der Waals surface area contributed by atoms with E-state index in [9.17, 15) is 4.79 Å². The van der Waals surface area contributed by atoms with Crippen molar-refractivity contribution in [3.05, 3.63) is 47.5 Å². The van der Waals surface area contributed by atoms with Crippen LogP contribution in [0.2, 0.25) is 0 Å². The van der Waals surface area contributed by atoms with E-state index in [4.69, 9.17) is 0 Å². The van der Waals surface area contributed by atoms with Crippen molar-refractivity contribution in [2.75, 3.05) is 13.1 Å². The molecule has 4 rings (SSSR count). The van der Waals surface area contributed by atoms with Crippen molar-refractivity contribution in [3.8, 4) is 0 Å². The third-order valence-corrected chi connectivity index (χ3v) is 5.06. The second-order valence-corrected chi connectivity index (χ2v) is 6.26. The molecule has 2 aromatic rings. The number of carbonyl (C=O) groups is 1. The molecule has 1 aliphatic carbocycles. The minimum Gasteiger partial charge on any atom is -0.342 e. The average Bonchev–Trinajstić information content (AvgIpc) is 3.24. The Morgan fingerprint density at radius 2 is 2.00 bits per heavy atom. The second kappa shape index (κ2) is 5.55. The lowest BCUT2D eigenvalue weighted by molar-refractivity contribution is -0.133. The van der Waals surface area contributed by atoms with Gasteiger partial charge in [-0.25, -0.2) is 4.98 Å². The Morgan fingerprint density at radius 1 is 1.18 bits per heavy atom. The Hall–Kier alpha value is -2.17. The number of fused-ring (bicyclic) bond motifs is 1. The van der Waals surface area contributed by atoms with E-state index in [0.717, 1.165) is 44.6 Å². The number of nitrogens with one attached hydrogen (secondary N) is 1. The zero-order valence-electron chi connectivity index (χ0n) is 12.5. The lowest BCUT2D eigenvalue weighted by Gasteiger charge is -2.33. The van der Waals surface area contributed by atoms with Crippen LogP contribution in [0.25, 0.3) is 0 Å². The van der Waals surface area contributed by atoms with Crippen molar-refractivity contribution in [3.63, 3.8) is 0 Å². The number of hydrogen-bond acceptors (Lipinski definition) is 3. The molecule has 1 saturated heterocycles. The molecule has 5 nitrogen and oxygen atoms in total. The molecule has 1 unspecified atom stereocenters. The number of H-pyrrole nitrogens is 1. The molecule has 2 aliphatic rings. The van der Waals surface area contributed by atoms with Crippen LogP contribution >= 0.6 is 0 Å². The highest BCUT2D eigenvalue weighted by atomic mass is 16.2. The molecule has 1 atom stereocenters. The molecule has 0 radical (unpaired) electrons. The molecule has 1 fully saturated rings. The van der Waals surface area contributed by atoms with Crippen molar-refractivity contribution in [2.24, 2.45) is 0 Å². The number of nitrogens with zero attached hydrogens (tertiary/aromatic N) is 3. The Labute approximate surface area is 129 Å². The van der Waals surface area contributed by atoms with Crippen LogP contribution in [0.3, 0.4) is 0 Å². The monoisotopic (exact) mass is 296 g/mol. The van der Waals surface area contributed by atoms with Gasteiger partial charge in [-0.2, -0.15) is 5.10 Å². The number of benzene rings is 1. The fourth-order valence-corrected chi connectivity index (χ4v) is 3.82. The van der Waals surface area contributed by atoms with Gasteiger partial charge in [-0.15, -0.1) is 0 Å². The molecular weight excluding hydrogens is 276 g/mol. The van der Waals surface area contributed by atoms with E-state index in [0.29, 0.717) is 11.8 Å². The normalized spacial score (nSPS) is 21.8. The SMILES string of the molecule is O=C(C1CCc2ccccc21)N1CCC(c2ncn[nH]2)CC1. The molecule has 1 aromatic carbocycles. The molecule has 0 saturated carbocycles. The van der Waals surface area contributed by atoms with Crippen LogP contribution in [-0.4, -0.2) is 39.1 Å². The molecule has 2 heterocycles. The lowest BCUT2D eigenvalue weighted by atomic mass is 9.93. The first-order valence-corrected chi connectivity index (χ1v) is 8.05. The van der Waals surface area contributed by atoms with Gasteiger partial charge in [0.1, 0.15) is 12.2 Å². The molecular formula is C17H20N4O. The summed E-state index contributed by atoms with van der Waals surface area (Å²) in [5.74, 6) is 1.74. The van der Waals surface area contributed by atoms with Crippen LogP contribution in [0.1, 0.15) is 48.0 Å². The molecule has 1 amide bonds. The summed E-state index contributed by atoms with van der Waals surface area (Å²) in [6.07, 6.45) is 5.48. The first kappa shape index (κ1) is 13.5. The van der Waals surface area contributed by atoms with Gasteiger partial charge in [0.15, 0.2) is 0 Å². The van der Waals surface area contributed by atoms with Gasteiger partial charge < -0.3 is 4.90 Å². The molecule has 22 heavy (non-hydrogen) atoms. The van der Waals surface area contributed by atoms with Crippen LogP contribution < -0.4 is 0 Å². The summed E-state index contributed by atoms with van der Waals surface area (Å²) in [5, 5.41) is 6.88. The van der Waals surface area contributed by atoms with Gasteiger partial charge in [-0.3, -0.25) is 9.89 Å². The summed E-state index contributed by atoms with van der Waals surface area (Å²) in [6, 6.07) is 8.38. The zero-order valence-corrected chi connectivity index (χ0v) is 12.5. The minimum absolute atomic E-state index is 0.0676. The molecule has 5 heteroatoms. The predicted molar refractivity (Wildman–Crippen MR) is 82.4 cm³/mol. The highest BCUT2D eigenvalue weighted by molar-refractivity contribution is 5.85. The van der Waals surface area contributed by atoms with Crippen LogP contribution in [0, 0.1) is 0 Å². The van der Waals surface area contributed by atoms with Crippen LogP contribution in [0.15, 0.2) is 30.6 Å². The Kier molecular flexibility index (Phi) is 3.41. The Morgan fingerprint density at radius 3 is 2.77 bits per heavy atom. The van der Waals surface area contributed by atoms with Gasteiger partial charge in [0.25, 0.3) is 0 Å². The van der Waals surface area contributed by atoms with Crippen molar-refractivity contribution >= 4 is 5.91 Å². The van der Waals surface area contributed by atoms with Crippen LogP contribution in [0.4, 0.5) is 0 Å². The first-order valence-electron chi connectivity index (χ1n) is 8.05. The lowest BCUT2D eigenvalue weighted by Crippen LogP contribution is -2.40. The maximum Gasteiger partial charge on any atom is 0.230 e. The number of carbonyl (C=O) groups excluding carboxylic acids is 1. The highest BCUT2D eigenvalue weighted by Crippen LogP contribution is 2.35. The summed E-state index contributed by atoms with van der Waals surface area (Å²) in [6.45, 7) is 1.64. The van der Waals surface area contributed by atoms with Crippen molar-refractivity contribution in [1.82, 2.24) is 20.1 Å². The maximum atomic E-state index is 12.8. The van der Waals surface area contributed by atoms with E-state index in [1.807, 2.05) is 11.0 Å². The number of piperidine rings is 1. The summed E-state index contributed by atoms with van der Waals surface area (Å²) in [7, 11) is 0. The number of likely N-dealkylation sites (tertiary alicyclic amines) is 1. The third-order valence-electron chi connectivity index (χ3n) is 5.06. The molecule has 0 spiro atoms. The Bertz CT molecular complexity index is 659. The molecule has 0 bridgehead atoms. The standard InChI is InChI=1S/C17H20N4O/c22-17(15-6-5-12-3-1-2-4-14(12)15)21-9-7-13(8-10-21)16-18-11-19-20-16/h1-4,11,13,15H,5-10H2,(H,18,19,20). The fraction of sp³-hybridized carbons (Fsp3) is 0.471. The average molecular weight is 296 g/mol. The van der Waals surface area contributed by atoms with Crippen LogP contribution in [0.5, 0.6) is 0 Å². The summed E-state index contributed by atoms with van der Waals surface area (Å²) < 4.78 is 0. The van der Waals surface area contributed by atoms with Gasteiger partial charge in [0.2, 0.25) is 5.91 Å². The van der Waals surface area contributed by atoms with E-state index in [1.54, 1.807) is 6.33 Å². The molecule has 1 aromatic heterocycles. The quantitative estimate of drug-likeness (QED) is 0.924. The van der Waals surface area contributed by atoms with Gasteiger partial charge >= 0.3 is 0 Å². The van der Waals surface area contributed by atoms with Crippen molar-refractivity contribution in [2.45, 2.75) is 37.5 Å². The summed E-state index contributed by atoms with van der Waals surface area (Å²) >= 11 is 0. The first-order chi connectivity index (χ1) is 10.8. The Balaban J connectivity index is 1.43. The summed E-state index contributed by atoms with van der Waals surface area (Å²) in [5.41, 5.74) is 2.59. The van der Waals surface area contributed by atoms with E-state index < -0.39 is 0 Å². The number of hydrogen-bond donors (Lipinski definition) is 1. The smallest absolute Gasteiger partial charge is 0.230 e. The topological polar surface area (TPSA) is 61.9 Å².